The normalized spacial score (nSPS) is 10.2. The Morgan fingerprint density at radius 2 is 1.21 bits per heavy atom. The van der Waals surface area contributed by atoms with Crippen LogP contribution >= 0.6 is 0 Å². The molecule has 5 nitrogen and oxygen atoms in total. The number of nitrogens with one attached hydrogen (secondary N) is 1. The van der Waals surface area contributed by atoms with E-state index in [1.54, 1.807) is 7.11 Å². The van der Waals surface area contributed by atoms with Crippen LogP contribution < -0.4 is 24.6 Å². The first-order valence-corrected chi connectivity index (χ1v) is 9.21. The van der Waals surface area contributed by atoms with Crippen molar-refractivity contribution in [1.82, 2.24) is 0 Å². The number of hydrogen-bond acceptors (Lipinski definition) is 5. The molecule has 0 bridgehead atoms. The predicted molar refractivity (Wildman–Crippen MR) is 114 cm³/mol. The Morgan fingerprint density at radius 3 is 1.75 bits per heavy atom. The third kappa shape index (κ3) is 5.58. The summed E-state index contributed by atoms with van der Waals surface area (Å²) >= 11 is 0. The van der Waals surface area contributed by atoms with Gasteiger partial charge in [0, 0.05) is 7.05 Å². The van der Waals surface area contributed by atoms with Crippen LogP contribution in [0, 0.1) is 6.92 Å². The van der Waals surface area contributed by atoms with Gasteiger partial charge in [-0.05, 0) is 67.6 Å². The lowest BCUT2D eigenvalue weighted by Crippen LogP contribution is -2.24. The molecule has 0 aliphatic heterocycles. The van der Waals surface area contributed by atoms with Gasteiger partial charge in [0.25, 0.3) is 0 Å². The number of benzene rings is 3. The molecule has 3 rings (SSSR count). The molecule has 0 saturated heterocycles. The van der Waals surface area contributed by atoms with Crippen molar-refractivity contribution in [1.29, 1.82) is 0 Å². The van der Waals surface area contributed by atoms with Crippen molar-refractivity contribution in [3.05, 3.63) is 78.4 Å². The summed E-state index contributed by atoms with van der Waals surface area (Å²) in [6.45, 7) is 3.05. The molecule has 0 aliphatic carbocycles. The van der Waals surface area contributed by atoms with E-state index < -0.39 is 0 Å². The highest BCUT2D eigenvalue weighted by Gasteiger charge is 2.02. The highest BCUT2D eigenvalue weighted by molar-refractivity contribution is 5.56. The van der Waals surface area contributed by atoms with E-state index in [0.29, 0.717) is 13.2 Å². The van der Waals surface area contributed by atoms with Gasteiger partial charge in [-0.15, -0.1) is 0 Å². The van der Waals surface area contributed by atoms with E-state index in [0.717, 1.165) is 28.6 Å². The van der Waals surface area contributed by atoms with Crippen LogP contribution in [0.3, 0.4) is 0 Å². The van der Waals surface area contributed by atoms with Crippen LogP contribution in [0.2, 0.25) is 0 Å². The Kier molecular flexibility index (Phi) is 6.63. The van der Waals surface area contributed by atoms with Crippen LogP contribution in [-0.4, -0.2) is 27.4 Å². The van der Waals surface area contributed by atoms with Crippen molar-refractivity contribution in [3.63, 3.8) is 0 Å². The van der Waals surface area contributed by atoms with Gasteiger partial charge < -0.3 is 14.2 Å². The van der Waals surface area contributed by atoms with Crippen molar-refractivity contribution in [2.45, 2.75) is 6.92 Å². The zero-order valence-electron chi connectivity index (χ0n) is 16.5. The van der Waals surface area contributed by atoms with Crippen molar-refractivity contribution >= 4 is 11.4 Å². The van der Waals surface area contributed by atoms with Crippen LogP contribution in [-0.2, 0) is 0 Å². The van der Waals surface area contributed by atoms with E-state index in [2.05, 4.69) is 12.3 Å². The lowest BCUT2D eigenvalue weighted by molar-refractivity contribution is 0.217. The Morgan fingerprint density at radius 1 is 0.714 bits per heavy atom. The fraction of sp³-hybridized carbons (Fsp3) is 0.217. The Labute approximate surface area is 166 Å². The topological polar surface area (TPSA) is 43.0 Å². The summed E-state index contributed by atoms with van der Waals surface area (Å²) in [4.78, 5) is 0. The molecule has 146 valence electrons. The van der Waals surface area contributed by atoms with E-state index in [9.17, 15) is 0 Å². The third-order valence-electron chi connectivity index (χ3n) is 4.25. The smallest absolute Gasteiger partial charge is 0.122 e. The number of hydrogen-bond donors (Lipinski definition) is 1. The molecule has 0 aliphatic rings. The van der Waals surface area contributed by atoms with Crippen LogP contribution in [0.1, 0.15) is 5.56 Å². The van der Waals surface area contributed by atoms with E-state index >= 15 is 0 Å². The number of anilines is 2. The van der Waals surface area contributed by atoms with Gasteiger partial charge in [-0.25, -0.2) is 0 Å². The minimum absolute atomic E-state index is 0.492. The van der Waals surface area contributed by atoms with Gasteiger partial charge in [0.1, 0.15) is 30.5 Å². The molecule has 3 aromatic carbocycles. The Hall–Kier alpha value is -3.34. The van der Waals surface area contributed by atoms with Crippen LogP contribution in [0.5, 0.6) is 17.2 Å². The molecule has 3 aromatic rings. The van der Waals surface area contributed by atoms with Gasteiger partial charge in [0.05, 0.1) is 18.5 Å². The average molecular weight is 378 g/mol. The summed E-state index contributed by atoms with van der Waals surface area (Å²) in [5.74, 6) is 2.51. The number of ether oxygens (including phenoxy) is 3. The number of rotatable bonds is 9. The minimum Gasteiger partial charge on any atom is -0.497 e. The van der Waals surface area contributed by atoms with E-state index in [4.69, 9.17) is 14.2 Å². The first kappa shape index (κ1) is 19.4. The maximum Gasteiger partial charge on any atom is 0.122 e. The standard InChI is InChI=1S/C23H26N2O3/c1-18-4-10-22(11-5-18)27-16-17-28-23-12-6-19(7-13-23)24-25(2)20-8-14-21(26-3)15-9-20/h4-15,24H,16-17H2,1-3H3. The van der Waals surface area contributed by atoms with E-state index in [1.807, 2.05) is 84.9 Å². The molecule has 5 heteroatoms. The Balaban J connectivity index is 1.44. The SMILES string of the molecule is COc1ccc(N(C)Nc2ccc(OCCOc3ccc(C)cc3)cc2)cc1. The lowest BCUT2D eigenvalue weighted by atomic mass is 10.2. The van der Waals surface area contributed by atoms with Gasteiger partial charge >= 0.3 is 0 Å². The molecular weight excluding hydrogens is 352 g/mol. The number of methoxy groups -OCH3 is 1. The van der Waals surface area contributed by atoms with Crippen molar-refractivity contribution < 1.29 is 14.2 Å². The fourth-order valence-electron chi connectivity index (χ4n) is 2.64. The maximum atomic E-state index is 5.74. The molecule has 0 heterocycles. The fourth-order valence-corrected chi connectivity index (χ4v) is 2.64. The molecule has 0 fully saturated rings. The van der Waals surface area contributed by atoms with Crippen molar-refractivity contribution in [2.24, 2.45) is 0 Å². The van der Waals surface area contributed by atoms with E-state index in [1.165, 1.54) is 5.56 Å². The lowest BCUT2D eigenvalue weighted by Gasteiger charge is -2.22. The summed E-state index contributed by atoms with van der Waals surface area (Å²) in [5, 5.41) is 1.95. The largest absolute Gasteiger partial charge is 0.497 e. The number of nitrogens with zero attached hydrogens (tertiary/aromatic N) is 1. The van der Waals surface area contributed by atoms with Gasteiger partial charge in [-0.3, -0.25) is 10.4 Å². The first-order chi connectivity index (χ1) is 13.6. The molecule has 0 unspecified atom stereocenters. The number of aryl methyl sites for hydroxylation is 1. The third-order valence-corrected chi connectivity index (χ3v) is 4.25. The predicted octanol–water partition coefficient (Wildman–Crippen LogP) is 4.92. The highest BCUT2D eigenvalue weighted by atomic mass is 16.5. The van der Waals surface area contributed by atoms with Crippen LogP contribution in [0.25, 0.3) is 0 Å². The highest BCUT2D eigenvalue weighted by Crippen LogP contribution is 2.21. The maximum absolute atomic E-state index is 5.74. The van der Waals surface area contributed by atoms with Gasteiger partial charge in [0.15, 0.2) is 0 Å². The van der Waals surface area contributed by atoms with Gasteiger partial charge in [-0.2, -0.15) is 0 Å². The summed E-state index contributed by atoms with van der Waals surface area (Å²) in [6, 6.07) is 23.7. The minimum atomic E-state index is 0.492. The molecule has 0 saturated carbocycles. The first-order valence-electron chi connectivity index (χ1n) is 9.21. The molecule has 0 amide bonds. The molecular formula is C23H26N2O3. The van der Waals surface area contributed by atoms with Gasteiger partial charge in [0.2, 0.25) is 0 Å². The molecule has 1 N–H and O–H groups in total. The van der Waals surface area contributed by atoms with Gasteiger partial charge in [-0.1, -0.05) is 17.7 Å². The Bertz CT molecular complexity index is 847. The zero-order chi connectivity index (χ0) is 19.8. The molecule has 0 atom stereocenters. The number of hydrazine groups is 1. The second kappa shape index (κ2) is 9.55. The average Bonchev–Trinajstić information content (AvgIpc) is 2.73. The van der Waals surface area contributed by atoms with Crippen LogP contribution in [0.15, 0.2) is 72.8 Å². The molecule has 0 radical (unpaired) electrons. The monoisotopic (exact) mass is 378 g/mol. The summed E-state index contributed by atoms with van der Waals surface area (Å²) < 4.78 is 16.6. The second-order valence-corrected chi connectivity index (χ2v) is 6.40. The summed E-state index contributed by atoms with van der Waals surface area (Å²) in [6.07, 6.45) is 0. The van der Waals surface area contributed by atoms with Crippen molar-refractivity contribution in [2.75, 3.05) is 37.8 Å². The second-order valence-electron chi connectivity index (χ2n) is 6.40. The van der Waals surface area contributed by atoms with Crippen LogP contribution in [0.4, 0.5) is 11.4 Å². The van der Waals surface area contributed by atoms with E-state index in [-0.39, 0.29) is 0 Å². The zero-order valence-corrected chi connectivity index (χ0v) is 16.5. The van der Waals surface area contributed by atoms with Crippen molar-refractivity contribution in [3.8, 4) is 17.2 Å². The summed E-state index contributed by atoms with van der Waals surface area (Å²) in [7, 11) is 3.63. The summed E-state index contributed by atoms with van der Waals surface area (Å²) in [5.41, 5.74) is 6.56. The molecule has 0 aromatic heterocycles. The molecule has 28 heavy (non-hydrogen) atoms. The molecule has 0 spiro atoms. The quantitative estimate of drug-likeness (QED) is 0.423.